The highest BCUT2D eigenvalue weighted by Gasteiger charge is 2.42. The van der Waals surface area contributed by atoms with Crippen LogP contribution in [0.15, 0.2) is 32.5 Å². The summed E-state index contributed by atoms with van der Waals surface area (Å²) in [5.41, 5.74) is 9.18. The Kier molecular flexibility index (Phi) is 2.82. The quantitative estimate of drug-likeness (QED) is 0.574. The van der Waals surface area contributed by atoms with E-state index in [2.05, 4.69) is 22.6 Å². The molecule has 0 aromatic carbocycles. The van der Waals surface area contributed by atoms with Crippen molar-refractivity contribution in [3.63, 3.8) is 0 Å². The van der Waals surface area contributed by atoms with Gasteiger partial charge in [0.25, 0.3) is 0 Å². The number of rotatable bonds is 1. The molecule has 3 rings (SSSR count). The molecule has 0 spiro atoms. The minimum atomic E-state index is -0.261. The summed E-state index contributed by atoms with van der Waals surface area (Å²) >= 11 is 2.30. The zero-order valence-electron chi connectivity index (χ0n) is 8.61. The maximum absolute atomic E-state index is 5.80. The van der Waals surface area contributed by atoms with E-state index in [4.69, 9.17) is 19.8 Å². The van der Waals surface area contributed by atoms with Crippen molar-refractivity contribution >= 4 is 29.7 Å². The molecule has 3 aliphatic heterocycles. The van der Waals surface area contributed by atoms with Gasteiger partial charge in [-0.05, 0) is 45.3 Å². The van der Waals surface area contributed by atoms with Gasteiger partial charge in [-0.15, -0.1) is 0 Å². The molecule has 16 heavy (non-hydrogen) atoms. The molecule has 0 aromatic rings. The van der Waals surface area contributed by atoms with Gasteiger partial charge in [0.1, 0.15) is 6.61 Å². The van der Waals surface area contributed by atoms with Gasteiger partial charge in [0.2, 0.25) is 0 Å². The second kappa shape index (κ2) is 4.17. The Morgan fingerprint density at radius 3 is 3.19 bits per heavy atom. The highest BCUT2D eigenvalue weighted by molar-refractivity contribution is 14.1. The minimum Gasteiger partial charge on any atom is -0.497 e. The molecule has 3 aliphatic rings. The first kappa shape index (κ1) is 10.8. The largest absolute Gasteiger partial charge is 0.497 e. The average molecular weight is 331 g/mol. The molecule has 0 radical (unpaired) electrons. The zero-order chi connectivity index (χ0) is 11.1. The lowest BCUT2D eigenvalue weighted by Crippen LogP contribution is -2.38. The van der Waals surface area contributed by atoms with Gasteiger partial charge in [0.15, 0.2) is 0 Å². The molecule has 84 valence electrons. The number of nitrogens with two attached hydrogens (primary N) is 1. The SMILES string of the molecule is NC[C@@H]1OB2OCC3=C2C(=C1I)C=COC3. The first-order valence-electron chi connectivity index (χ1n) is 5.18. The van der Waals surface area contributed by atoms with E-state index in [1.807, 2.05) is 6.08 Å². The predicted molar refractivity (Wildman–Crippen MR) is 68.8 cm³/mol. The first-order chi connectivity index (χ1) is 7.81. The fraction of sp³-hybridized carbons (Fsp3) is 0.400. The number of halogens is 1. The van der Waals surface area contributed by atoms with Crippen molar-refractivity contribution in [2.24, 2.45) is 5.73 Å². The Labute approximate surface area is 108 Å². The summed E-state index contributed by atoms with van der Waals surface area (Å²) in [6.07, 6.45) is 3.66. The topological polar surface area (TPSA) is 53.7 Å². The monoisotopic (exact) mass is 331 g/mol. The molecular formula is C10H11BINO3. The number of hydrogen-bond acceptors (Lipinski definition) is 4. The zero-order valence-corrected chi connectivity index (χ0v) is 10.8. The first-order valence-corrected chi connectivity index (χ1v) is 6.26. The molecule has 0 aromatic heterocycles. The maximum Gasteiger partial charge on any atom is 0.495 e. The summed E-state index contributed by atoms with van der Waals surface area (Å²) in [7, 11) is -0.261. The van der Waals surface area contributed by atoms with Crippen molar-refractivity contribution < 1.29 is 14.0 Å². The predicted octanol–water partition coefficient (Wildman–Crippen LogP) is 0.931. The van der Waals surface area contributed by atoms with Gasteiger partial charge in [-0.1, -0.05) is 0 Å². The van der Waals surface area contributed by atoms with Gasteiger partial charge in [-0.2, -0.15) is 0 Å². The molecule has 4 nitrogen and oxygen atoms in total. The Morgan fingerprint density at radius 2 is 2.38 bits per heavy atom. The molecule has 0 aliphatic carbocycles. The van der Waals surface area contributed by atoms with Crippen molar-refractivity contribution in [1.82, 2.24) is 0 Å². The fourth-order valence-electron chi connectivity index (χ4n) is 2.15. The number of ether oxygens (including phenoxy) is 1. The smallest absolute Gasteiger partial charge is 0.495 e. The van der Waals surface area contributed by atoms with E-state index in [0.29, 0.717) is 19.8 Å². The maximum atomic E-state index is 5.80. The second-order valence-corrected chi connectivity index (χ2v) is 5.06. The van der Waals surface area contributed by atoms with Crippen LogP contribution >= 0.6 is 22.6 Å². The van der Waals surface area contributed by atoms with Gasteiger partial charge in [-0.3, -0.25) is 0 Å². The molecule has 0 bridgehead atoms. The molecular weight excluding hydrogens is 320 g/mol. The molecule has 0 unspecified atom stereocenters. The lowest BCUT2D eigenvalue weighted by molar-refractivity contribution is 0.182. The van der Waals surface area contributed by atoms with Gasteiger partial charge >= 0.3 is 7.12 Å². The second-order valence-electron chi connectivity index (χ2n) is 3.90. The third-order valence-corrected chi connectivity index (χ3v) is 4.22. The van der Waals surface area contributed by atoms with Crippen LogP contribution in [0.3, 0.4) is 0 Å². The Morgan fingerprint density at radius 1 is 1.50 bits per heavy atom. The van der Waals surface area contributed by atoms with E-state index in [-0.39, 0.29) is 13.2 Å². The normalized spacial score (nSPS) is 28.1. The number of hydrogen-bond donors (Lipinski definition) is 1. The molecule has 0 amide bonds. The van der Waals surface area contributed by atoms with E-state index in [0.717, 1.165) is 14.6 Å². The summed E-state index contributed by atoms with van der Waals surface area (Å²) in [6.45, 7) is 1.65. The number of allylic oxidation sites excluding steroid dienone is 3. The van der Waals surface area contributed by atoms with Crippen LogP contribution in [0.2, 0.25) is 0 Å². The molecule has 6 heteroatoms. The van der Waals surface area contributed by atoms with Crippen LogP contribution in [0.1, 0.15) is 0 Å². The lowest BCUT2D eigenvalue weighted by atomic mass is 9.71. The molecule has 0 saturated carbocycles. The summed E-state index contributed by atoms with van der Waals surface area (Å²) in [5, 5.41) is 0. The average Bonchev–Trinajstić information content (AvgIpc) is 2.57. The third-order valence-electron chi connectivity index (χ3n) is 2.95. The Balaban J connectivity index is 2.13. The molecule has 0 saturated heterocycles. The Hall–Kier alpha value is -0.305. The van der Waals surface area contributed by atoms with E-state index in [9.17, 15) is 0 Å². The van der Waals surface area contributed by atoms with Gasteiger partial charge < -0.3 is 19.8 Å². The minimum absolute atomic E-state index is 0.0635. The fourth-order valence-corrected chi connectivity index (χ4v) is 3.02. The van der Waals surface area contributed by atoms with E-state index >= 15 is 0 Å². The van der Waals surface area contributed by atoms with Crippen molar-refractivity contribution in [1.29, 1.82) is 0 Å². The van der Waals surface area contributed by atoms with Crippen molar-refractivity contribution in [3.8, 4) is 0 Å². The highest BCUT2D eigenvalue weighted by atomic mass is 127. The third kappa shape index (κ3) is 1.55. The van der Waals surface area contributed by atoms with Crippen LogP contribution in [0, 0.1) is 0 Å². The van der Waals surface area contributed by atoms with Gasteiger partial charge in [0, 0.05) is 10.1 Å². The van der Waals surface area contributed by atoms with Crippen LogP contribution in [0.4, 0.5) is 0 Å². The van der Waals surface area contributed by atoms with E-state index in [1.165, 1.54) is 5.57 Å². The molecule has 2 N–H and O–H groups in total. The summed E-state index contributed by atoms with van der Waals surface area (Å²) in [5.74, 6) is 0. The molecule has 1 atom stereocenters. The van der Waals surface area contributed by atoms with Crippen LogP contribution in [-0.2, 0) is 14.0 Å². The highest BCUT2D eigenvalue weighted by Crippen LogP contribution is 2.39. The summed E-state index contributed by atoms with van der Waals surface area (Å²) < 4.78 is 17.9. The van der Waals surface area contributed by atoms with E-state index < -0.39 is 0 Å². The molecule has 3 heterocycles. The Bertz CT molecular complexity index is 418. The van der Waals surface area contributed by atoms with Crippen molar-refractivity contribution in [2.75, 3.05) is 19.8 Å². The van der Waals surface area contributed by atoms with Crippen molar-refractivity contribution in [2.45, 2.75) is 6.10 Å². The van der Waals surface area contributed by atoms with Crippen LogP contribution < -0.4 is 5.73 Å². The van der Waals surface area contributed by atoms with Crippen molar-refractivity contribution in [3.05, 3.63) is 32.5 Å². The van der Waals surface area contributed by atoms with Crippen LogP contribution in [0.5, 0.6) is 0 Å². The summed E-state index contributed by atoms with van der Waals surface area (Å²) in [6, 6.07) is 0. The standard InChI is InChI=1S/C10H11BINO3/c12-10-7-1-2-14-4-6-5-15-11(9(6)7)16-8(10)3-13/h1-2,8H,3-5,13H2/t8-/m0/s1. The van der Waals surface area contributed by atoms with E-state index in [1.54, 1.807) is 6.26 Å². The van der Waals surface area contributed by atoms with Crippen LogP contribution in [-0.4, -0.2) is 33.0 Å². The van der Waals surface area contributed by atoms with Gasteiger partial charge in [0.05, 0.1) is 19.0 Å². The van der Waals surface area contributed by atoms with Crippen LogP contribution in [0.25, 0.3) is 0 Å². The summed E-state index contributed by atoms with van der Waals surface area (Å²) in [4.78, 5) is 0. The lowest BCUT2D eigenvalue weighted by Gasteiger charge is -2.27. The van der Waals surface area contributed by atoms with Gasteiger partial charge in [-0.25, -0.2) is 0 Å². The molecule has 0 fully saturated rings.